The molecule has 1 amide bonds. The number of piperidine rings is 1. The van der Waals surface area contributed by atoms with Crippen molar-refractivity contribution in [1.29, 1.82) is 0 Å². The molecule has 234 valence electrons. The zero-order valence-electron chi connectivity index (χ0n) is 25.7. The minimum atomic E-state index is -0.593. The molecular formula is C38H42FN3O3. The van der Waals surface area contributed by atoms with Crippen LogP contribution in [0.2, 0.25) is 0 Å². The fraction of sp³-hybridized carbons (Fsp3) is 0.316. The smallest absolute Gasteiger partial charge is 0.424 e. The molecule has 45 heavy (non-hydrogen) atoms. The molecule has 0 spiro atoms. The maximum absolute atomic E-state index is 13.4. The van der Waals surface area contributed by atoms with Gasteiger partial charge in [-0.05, 0) is 85.6 Å². The van der Waals surface area contributed by atoms with Crippen LogP contribution >= 0.6 is 0 Å². The lowest BCUT2D eigenvalue weighted by Gasteiger charge is -2.38. The molecule has 0 aromatic heterocycles. The highest BCUT2D eigenvalue weighted by atomic mass is 19.1. The molecule has 0 aliphatic carbocycles. The van der Waals surface area contributed by atoms with Crippen LogP contribution in [0, 0.1) is 5.82 Å². The number of rotatable bonds is 14. The Morgan fingerprint density at radius 2 is 1.44 bits per heavy atom. The van der Waals surface area contributed by atoms with Gasteiger partial charge in [0.05, 0.1) is 6.54 Å². The third kappa shape index (κ3) is 8.65. The molecule has 1 heterocycles. The van der Waals surface area contributed by atoms with E-state index in [2.05, 4.69) is 34.6 Å². The van der Waals surface area contributed by atoms with Gasteiger partial charge in [-0.2, -0.15) is 0 Å². The van der Waals surface area contributed by atoms with Gasteiger partial charge >= 0.3 is 6.09 Å². The van der Waals surface area contributed by atoms with E-state index in [1.807, 2.05) is 78.9 Å². The number of carbonyl (C=O) groups excluding carboxylic acids is 2. The molecule has 7 heteroatoms. The molecule has 5 rings (SSSR count). The Kier molecular flexibility index (Phi) is 11.5. The molecule has 6 nitrogen and oxygen atoms in total. The van der Waals surface area contributed by atoms with Gasteiger partial charge in [-0.15, -0.1) is 0 Å². The molecule has 1 aliphatic heterocycles. The van der Waals surface area contributed by atoms with Gasteiger partial charge in [0.1, 0.15) is 18.7 Å². The fourth-order valence-electron chi connectivity index (χ4n) is 6.40. The fourth-order valence-corrected chi connectivity index (χ4v) is 6.40. The van der Waals surface area contributed by atoms with Crippen LogP contribution < -0.4 is 5.43 Å². The number of benzene rings is 4. The Balaban J connectivity index is 1.29. The summed E-state index contributed by atoms with van der Waals surface area (Å²) in [5.41, 5.74) is 7.21. The van der Waals surface area contributed by atoms with Crippen LogP contribution in [0.15, 0.2) is 115 Å². The van der Waals surface area contributed by atoms with Gasteiger partial charge in [0, 0.05) is 12.0 Å². The van der Waals surface area contributed by atoms with E-state index >= 15 is 0 Å². The zero-order chi connectivity index (χ0) is 31.3. The van der Waals surface area contributed by atoms with E-state index in [0.717, 1.165) is 62.0 Å². The molecule has 0 atom stereocenters. The summed E-state index contributed by atoms with van der Waals surface area (Å²) in [5.74, 6) is 0.272. The number of hydrazine groups is 1. The number of likely N-dealkylation sites (tertiary alicyclic amines) is 1. The van der Waals surface area contributed by atoms with Crippen LogP contribution in [-0.2, 0) is 21.6 Å². The second-order valence-electron chi connectivity index (χ2n) is 11.7. The Hall–Kier alpha value is -4.33. The SMILES string of the molecule is O=CCN(NCC(CCCN1CCC(c2ccc(F)cc2)CC1)(c1ccccc1)c1ccccc1)C(=O)OCc1ccccc1. The largest absolute Gasteiger partial charge is 0.444 e. The first-order valence-corrected chi connectivity index (χ1v) is 15.8. The van der Waals surface area contributed by atoms with Crippen molar-refractivity contribution < 1.29 is 18.7 Å². The molecule has 0 radical (unpaired) electrons. The molecule has 0 unspecified atom stereocenters. The van der Waals surface area contributed by atoms with E-state index in [1.54, 1.807) is 12.1 Å². The molecule has 4 aromatic rings. The summed E-state index contributed by atoms with van der Waals surface area (Å²) in [7, 11) is 0. The second kappa shape index (κ2) is 16.1. The maximum atomic E-state index is 13.4. The first-order chi connectivity index (χ1) is 22.1. The standard InChI is InChI=1S/C38H42FN3O3/c39-36-19-17-32(18-20-36)33-21-25-41(26-22-33)24-10-23-38(34-13-6-2-7-14-34,35-15-8-3-9-16-35)30-40-42(27-28-43)37(44)45-29-31-11-4-1-5-12-31/h1-9,11-20,28,33,40H,10,21-27,29-30H2. The van der Waals surface area contributed by atoms with Gasteiger partial charge in [0.2, 0.25) is 0 Å². The van der Waals surface area contributed by atoms with Crippen molar-refractivity contribution in [3.8, 4) is 0 Å². The third-order valence-electron chi connectivity index (χ3n) is 8.91. The Bertz CT molecular complexity index is 1420. The molecule has 0 saturated carbocycles. The lowest BCUT2D eigenvalue weighted by atomic mass is 9.71. The van der Waals surface area contributed by atoms with Gasteiger partial charge < -0.3 is 14.4 Å². The molecule has 1 N–H and O–H groups in total. The maximum Gasteiger partial charge on any atom is 0.424 e. The number of nitrogens with zero attached hydrogens (tertiary/aromatic N) is 2. The van der Waals surface area contributed by atoms with E-state index in [0.29, 0.717) is 18.7 Å². The number of carbonyl (C=O) groups is 2. The molecular weight excluding hydrogens is 565 g/mol. The summed E-state index contributed by atoms with van der Waals surface area (Å²) in [5, 5.41) is 1.27. The van der Waals surface area contributed by atoms with Crippen molar-refractivity contribution in [3.63, 3.8) is 0 Å². The van der Waals surface area contributed by atoms with Crippen molar-refractivity contribution in [2.24, 2.45) is 0 Å². The van der Waals surface area contributed by atoms with Gasteiger partial charge in [0.25, 0.3) is 0 Å². The van der Waals surface area contributed by atoms with Crippen molar-refractivity contribution in [2.45, 2.75) is 43.6 Å². The molecule has 1 saturated heterocycles. The highest BCUT2D eigenvalue weighted by molar-refractivity contribution is 5.70. The summed E-state index contributed by atoms with van der Waals surface area (Å²) in [6.45, 7) is 3.36. The zero-order valence-corrected chi connectivity index (χ0v) is 25.7. The summed E-state index contributed by atoms with van der Waals surface area (Å²) in [6.07, 6.45) is 4.01. The number of halogens is 1. The van der Waals surface area contributed by atoms with Gasteiger partial charge in [0.15, 0.2) is 0 Å². The lowest BCUT2D eigenvalue weighted by Crippen LogP contribution is -2.51. The average molecular weight is 608 g/mol. The predicted octanol–water partition coefficient (Wildman–Crippen LogP) is 7.11. The monoisotopic (exact) mass is 607 g/mol. The van der Waals surface area contributed by atoms with Crippen LogP contribution in [0.3, 0.4) is 0 Å². The highest BCUT2D eigenvalue weighted by Gasteiger charge is 2.35. The van der Waals surface area contributed by atoms with Gasteiger partial charge in [-0.3, -0.25) is 0 Å². The van der Waals surface area contributed by atoms with Crippen LogP contribution in [0.25, 0.3) is 0 Å². The second-order valence-corrected chi connectivity index (χ2v) is 11.7. The highest BCUT2D eigenvalue weighted by Crippen LogP contribution is 2.37. The van der Waals surface area contributed by atoms with Gasteiger partial charge in [-0.1, -0.05) is 103 Å². The normalized spacial score (nSPS) is 14.2. The van der Waals surface area contributed by atoms with Crippen molar-refractivity contribution >= 4 is 12.4 Å². The van der Waals surface area contributed by atoms with Crippen molar-refractivity contribution in [1.82, 2.24) is 15.3 Å². The van der Waals surface area contributed by atoms with E-state index in [4.69, 9.17) is 4.74 Å². The number of aldehydes is 1. The van der Waals surface area contributed by atoms with Crippen molar-refractivity contribution in [3.05, 3.63) is 143 Å². The molecule has 0 bridgehead atoms. The average Bonchev–Trinajstić information content (AvgIpc) is 3.10. The van der Waals surface area contributed by atoms with Gasteiger partial charge in [-0.25, -0.2) is 19.6 Å². The Labute approximate surface area is 265 Å². The number of hydrogen-bond acceptors (Lipinski definition) is 5. The van der Waals surface area contributed by atoms with Crippen LogP contribution in [0.4, 0.5) is 9.18 Å². The first kappa shape index (κ1) is 32.1. The molecule has 1 fully saturated rings. The molecule has 4 aromatic carbocycles. The molecule has 1 aliphatic rings. The number of hydrogen-bond donors (Lipinski definition) is 1. The summed E-state index contributed by atoms with van der Waals surface area (Å²) in [4.78, 5) is 27.3. The number of ether oxygens (including phenoxy) is 1. The van der Waals surface area contributed by atoms with E-state index in [1.165, 1.54) is 10.6 Å². The van der Waals surface area contributed by atoms with Crippen LogP contribution in [0.5, 0.6) is 0 Å². The van der Waals surface area contributed by atoms with E-state index in [-0.39, 0.29) is 19.0 Å². The number of nitrogens with one attached hydrogen (secondary N) is 1. The first-order valence-electron chi connectivity index (χ1n) is 15.8. The summed E-state index contributed by atoms with van der Waals surface area (Å²) < 4.78 is 19.0. The summed E-state index contributed by atoms with van der Waals surface area (Å²) in [6, 6.07) is 37.2. The quantitative estimate of drug-likeness (QED) is 0.122. The van der Waals surface area contributed by atoms with Crippen LogP contribution in [-0.4, -0.2) is 55.0 Å². The lowest BCUT2D eigenvalue weighted by molar-refractivity contribution is -0.109. The topological polar surface area (TPSA) is 61.9 Å². The van der Waals surface area contributed by atoms with Crippen molar-refractivity contribution in [2.75, 3.05) is 32.7 Å². The Morgan fingerprint density at radius 1 is 0.867 bits per heavy atom. The van der Waals surface area contributed by atoms with E-state index < -0.39 is 11.5 Å². The van der Waals surface area contributed by atoms with Crippen LogP contribution in [0.1, 0.15) is 53.9 Å². The Morgan fingerprint density at radius 3 is 2.02 bits per heavy atom. The third-order valence-corrected chi connectivity index (χ3v) is 8.91. The minimum Gasteiger partial charge on any atom is -0.444 e. The number of amides is 1. The summed E-state index contributed by atoms with van der Waals surface area (Å²) >= 11 is 0. The predicted molar refractivity (Wildman–Crippen MR) is 175 cm³/mol. The van der Waals surface area contributed by atoms with E-state index in [9.17, 15) is 14.0 Å². The minimum absolute atomic E-state index is 0.122.